The Hall–Kier alpha value is -4.46. The summed E-state index contributed by atoms with van der Waals surface area (Å²) in [6.45, 7) is 24.2. The number of aliphatic hydroxyl groups is 1. The van der Waals surface area contributed by atoms with E-state index in [1.807, 2.05) is 86.6 Å². The first-order chi connectivity index (χ1) is 26.9. The molecule has 0 unspecified atom stereocenters. The second-order valence-corrected chi connectivity index (χ2v) is 21.6. The molecule has 4 aromatic rings. The quantitative estimate of drug-likeness (QED) is 0.0950. The SMILES string of the molecule is CC(C)(C)c1cc2c(O)c(c1)Cc1cc(C(C)(C)C)cc(c1OS(=O)(=O)C(F)(F)F)Cc1cc(C(C)(C)C)cc(c1O)Cc1cc(C(C)(C)C)cc(c1C#CCCO)C2. The van der Waals surface area contributed by atoms with Crippen molar-refractivity contribution in [2.45, 2.75) is 142 Å². The molecule has 0 spiro atoms. The molecular weight excluding hydrogens is 774 g/mol. The van der Waals surface area contributed by atoms with Crippen LogP contribution in [0.1, 0.15) is 162 Å². The number of halogens is 3. The monoisotopic (exact) mass is 832 g/mol. The number of benzene rings is 4. The molecule has 10 heteroatoms. The topological polar surface area (TPSA) is 104 Å². The van der Waals surface area contributed by atoms with Gasteiger partial charge in [0.25, 0.3) is 0 Å². The minimum Gasteiger partial charge on any atom is -0.507 e. The van der Waals surface area contributed by atoms with Gasteiger partial charge >= 0.3 is 15.6 Å². The van der Waals surface area contributed by atoms with Crippen molar-refractivity contribution < 1.29 is 41.1 Å². The number of phenols is 2. The van der Waals surface area contributed by atoms with Crippen LogP contribution in [0.4, 0.5) is 13.2 Å². The van der Waals surface area contributed by atoms with Crippen molar-refractivity contribution >= 4 is 10.1 Å². The molecule has 4 aromatic carbocycles. The molecule has 6 nitrogen and oxygen atoms in total. The largest absolute Gasteiger partial charge is 0.534 e. The highest BCUT2D eigenvalue weighted by molar-refractivity contribution is 7.88. The Kier molecular flexibility index (Phi) is 12.3. The third kappa shape index (κ3) is 10.1. The Labute approximate surface area is 349 Å². The number of rotatable bonds is 3. The Morgan fingerprint density at radius 1 is 0.542 bits per heavy atom. The fourth-order valence-corrected chi connectivity index (χ4v) is 7.83. The van der Waals surface area contributed by atoms with Gasteiger partial charge in [0.15, 0.2) is 0 Å². The maximum absolute atomic E-state index is 14.2. The van der Waals surface area contributed by atoms with E-state index in [2.05, 4.69) is 44.7 Å². The molecule has 0 fully saturated rings. The van der Waals surface area contributed by atoms with E-state index in [0.29, 0.717) is 27.8 Å². The van der Waals surface area contributed by atoms with Crippen molar-refractivity contribution in [3.63, 3.8) is 0 Å². The number of aromatic hydroxyl groups is 2. The number of phenolic OH excluding ortho intramolecular Hbond substituents is 2. The molecule has 3 N–H and O–H groups in total. The molecule has 318 valence electrons. The van der Waals surface area contributed by atoms with E-state index in [1.165, 1.54) is 0 Å². The standard InChI is InChI=1S/C49H59F3O6S/c1-45(2,3)37-21-29-17-31-23-38(46(4,5)6)25-33(42(31)54)19-35-27-40(48(10,11)12)28-36(44(35)58-59(56,57)49(50,51)52)20-34-26-39(47(7,8)9)24-32(43(34)55)18-30(22-37)41(29)15-13-14-16-53/h21-28,53-55H,14,16-20H2,1-12H3. The Balaban J connectivity index is 2.01. The molecule has 0 saturated carbocycles. The minimum absolute atomic E-state index is 0.0768. The zero-order valence-corrected chi connectivity index (χ0v) is 37.3. The lowest BCUT2D eigenvalue weighted by molar-refractivity contribution is -0.0500. The minimum atomic E-state index is -6.15. The van der Waals surface area contributed by atoms with E-state index in [9.17, 15) is 36.9 Å². The molecule has 0 saturated heterocycles. The van der Waals surface area contributed by atoms with Crippen LogP contribution in [-0.2, 0) is 57.5 Å². The Morgan fingerprint density at radius 2 is 0.831 bits per heavy atom. The van der Waals surface area contributed by atoms with Crippen LogP contribution in [0.2, 0.25) is 0 Å². The van der Waals surface area contributed by atoms with Crippen molar-refractivity contribution in [3.8, 4) is 29.1 Å². The predicted octanol–water partition coefficient (Wildman–Crippen LogP) is 10.9. The molecule has 0 amide bonds. The van der Waals surface area contributed by atoms with Crippen LogP contribution >= 0.6 is 0 Å². The molecule has 0 heterocycles. The molecule has 1 aliphatic carbocycles. The zero-order chi connectivity index (χ0) is 44.3. The first kappa shape index (κ1) is 45.6. The van der Waals surface area contributed by atoms with E-state index < -0.39 is 37.6 Å². The van der Waals surface area contributed by atoms with Crippen LogP contribution < -0.4 is 4.18 Å². The van der Waals surface area contributed by atoms with E-state index in [-0.39, 0.29) is 66.8 Å². The zero-order valence-electron chi connectivity index (χ0n) is 36.5. The van der Waals surface area contributed by atoms with Crippen molar-refractivity contribution in [2.24, 2.45) is 0 Å². The molecule has 5 rings (SSSR count). The van der Waals surface area contributed by atoms with E-state index >= 15 is 0 Å². The van der Waals surface area contributed by atoms with Crippen molar-refractivity contribution in [1.82, 2.24) is 0 Å². The van der Waals surface area contributed by atoms with Crippen LogP contribution in [0.25, 0.3) is 0 Å². The Morgan fingerprint density at radius 3 is 1.12 bits per heavy atom. The lowest BCUT2D eigenvalue weighted by Crippen LogP contribution is -2.29. The van der Waals surface area contributed by atoms with Crippen molar-refractivity contribution in [1.29, 1.82) is 0 Å². The van der Waals surface area contributed by atoms with Crippen LogP contribution in [0.3, 0.4) is 0 Å². The van der Waals surface area contributed by atoms with Crippen LogP contribution in [0, 0.1) is 11.8 Å². The summed E-state index contributed by atoms with van der Waals surface area (Å²) in [6, 6.07) is 15.0. The van der Waals surface area contributed by atoms with Gasteiger partial charge in [0, 0.05) is 48.8 Å². The van der Waals surface area contributed by atoms with Gasteiger partial charge in [0.2, 0.25) is 0 Å². The smallest absolute Gasteiger partial charge is 0.507 e. The lowest BCUT2D eigenvalue weighted by atomic mass is 9.78. The van der Waals surface area contributed by atoms with Crippen molar-refractivity contribution in [3.05, 3.63) is 121 Å². The fraction of sp³-hybridized carbons (Fsp3) is 0.469. The Bertz CT molecular complexity index is 2320. The molecule has 8 bridgehead atoms. The highest BCUT2D eigenvalue weighted by Crippen LogP contribution is 2.43. The van der Waals surface area contributed by atoms with Crippen LogP contribution in [-0.4, -0.2) is 35.9 Å². The average Bonchev–Trinajstić information content (AvgIpc) is 3.07. The third-order valence-electron chi connectivity index (χ3n) is 11.0. The van der Waals surface area contributed by atoms with E-state index in [4.69, 9.17) is 4.18 Å². The highest BCUT2D eigenvalue weighted by Gasteiger charge is 2.49. The third-order valence-corrected chi connectivity index (χ3v) is 11.9. The summed E-state index contributed by atoms with van der Waals surface area (Å²) in [5.74, 6) is 5.81. The summed E-state index contributed by atoms with van der Waals surface area (Å²) < 4.78 is 73.4. The highest BCUT2D eigenvalue weighted by atomic mass is 32.2. The second kappa shape index (κ2) is 15.9. The summed E-state index contributed by atoms with van der Waals surface area (Å²) in [4.78, 5) is 0. The van der Waals surface area contributed by atoms with Gasteiger partial charge in [-0.15, -0.1) is 0 Å². The number of alkyl halides is 3. The maximum Gasteiger partial charge on any atom is 0.534 e. The van der Waals surface area contributed by atoms with Gasteiger partial charge in [-0.1, -0.05) is 143 Å². The normalized spacial score (nSPS) is 14.1. The molecule has 59 heavy (non-hydrogen) atoms. The predicted molar refractivity (Wildman–Crippen MR) is 229 cm³/mol. The van der Waals surface area contributed by atoms with E-state index in [0.717, 1.165) is 33.4 Å². The number of fused-ring (bicyclic) bond motifs is 8. The second-order valence-electron chi connectivity index (χ2n) is 20.0. The molecule has 1 aliphatic rings. The summed E-state index contributed by atoms with van der Waals surface area (Å²) in [5, 5.41) is 34.2. The maximum atomic E-state index is 14.2. The summed E-state index contributed by atoms with van der Waals surface area (Å²) in [7, 11) is -6.15. The van der Waals surface area contributed by atoms with Gasteiger partial charge in [0.05, 0.1) is 6.61 Å². The van der Waals surface area contributed by atoms with Gasteiger partial charge in [0.1, 0.15) is 17.2 Å². The van der Waals surface area contributed by atoms with Crippen molar-refractivity contribution in [2.75, 3.05) is 6.61 Å². The van der Waals surface area contributed by atoms with Crippen LogP contribution in [0.15, 0.2) is 48.5 Å². The first-order valence-corrected chi connectivity index (χ1v) is 21.4. The molecular formula is C49H59F3O6S. The van der Waals surface area contributed by atoms with Crippen LogP contribution in [0.5, 0.6) is 17.2 Å². The average molecular weight is 833 g/mol. The summed E-state index contributed by atoms with van der Waals surface area (Å²) in [5.41, 5.74) is 0.512. The van der Waals surface area contributed by atoms with Gasteiger partial charge < -0.3 is 19.5 Å². The molecule has 0 aromatic heterocycles. The summed E-state index contributed by atoms with van der Waals surface area (Å²) in [6.07, 6.45) is 0.352. The fourth-order valence-electron chi connectivity index (χ4n) is 7.31. The number of hydrogen-bond acceptors (Lipinski definition) is 6. The van der Waals surface area contributed by atoms with Gasteiger partial charge in [-0.3, -0.25) is 0 Å². The summed E-state index contributed by atoms with van der Waals surface area (Å²) >= 11 is 0. The van der Waals surface area contributed by atoms with E-state index in [1.54, 1.807) is 12.1 Å². The molecule has 0 atom stereocenters. The lowest BCUT2D eigenvalue weighted by Gasteiger charge is -2.27. The first-order valence-electron chi connectivity index (χ1n) is 20.0. The van der Waals surface area contributed by atoms with Gasteiger partial charge in [-0.25, -0.2) is 0 Å². The number of aliphatic hydroxyl groups excluding tert-OH is 1. The van der Waals surface area contributed by atoms with Gasteiger partial charge in [-0.05, 0) is 77.3 Å². The number of hydrogen-bond donors (Lipinski definition) is 3. The molecule has 0 radical (unpaired) electrons. The van der Waals surface area contributed by atoms with Gasteiger partial charge in [-0.2, -0.15) is 21.6 Å². The molecule has 0 aliphatic heterocycles.